The summed E-state index contributed by atoms with van der Waals surface area (Å²) in [4.78, 5) is 22.4. The molecule has 1 fully saturated rings. The molecule has 7 nitrogen and oxygen atoms in total. The number of thiazole rings is 1. The summed E-state index contributed by atoms with van der Waals surface area (Å²) in [7, 11) is 1.80. The molecular formula is C21H28ClN5O2S. The lowest BCUT2D eigenvalue weighted by atomic mass is 10.1. The lowest BCUT2D eigenvalue weighted by molar-refractivity contribution is 0.0376. The van der Waals surface area contributed by atoms with Crippen molar-refractivity contribution in [3.8, 4) is 0 Å². The monoisotopic (exact) mass is 449 g/mol. The van der Waals surface area contributed by atoms with Crippen molar-refractivity contribution in [2.24, 2.45) is 7.05 Å². The van der Waals surface area contributed by atoms with E-state index in [0.717, 1.165) is 54.6 Å². The van der Waals surface area contributed by atoms with Gasteiger partial charge in [-0.25, -0.2) is 4.98 Å². The number of halogens is 1. The van der Waals surface area contributed by atoms with Gasteiger partial charge in [0.15, 0.2) is 5.13 Å². The van der Waals surface area contributed by atoms with E-state index in [9.17, 15) is 4.79 Å². The van der Waals surface area contributed by atoms with Crippen LogP contribution in [0, 0.1) is 13.8 Å². The average molecular weight is 450 g/mol. The van der Waals surface area contributed by atoms with E-state index in [4.69, 9.17) is 9.72 Å². The van der Waals surface area contributed by atoms with E-state index in [1.165, 1.54) is 11.1 Å². The standard InChI is InChI=1S/C21H27N5O2S.ClH/c1-15-5-6-18-19(16(15)2)23-21(29-18)26(20(27)17-7-8-22-24(17)3)10-4-9-25-11-13-28-14-12-25;/h5-8H,4,9-14H2,1-3H3;1H. The van der Waals surface area contributed by atoms with Crippen molar-refractivity contribution in [3.63, 3.8) is 0 Å². The molecule has 0 unspecified atom stereocenters. The topological polar surface area (TPSA) is 63.5 Å². The van der Waals surface area contributed by atoms with Gasteiger partial charge in [0.25, 0.3) is 5.91 Å². The molecule has 3 aromatic rings. The van der Waals surface area contributed by atoms with Crippen molar-refractivity contribution >= 4 is 45.0 Å². The van der Waals surface area contributed by atoms with Crippen LogP contribution in [0.1, 0.15) is 28.0 Å². The van der Waals surface area contributed by atoms with Gasteiger partial charge in [0.2, 0.25) is 0 Å². The predicted octanol–water partition coefficient (Wildman–Crippen LogP) is 3.44. The third-order valence-electron chi connectivity index (χ3n) is 5.55. The molecule has 3 heterocycles. The molecule has 4 rings (SSSR count). The molecule has 0 aliphatic carbocycles. The molecule has 162 valence electrons. The molecule has 0 atom stereocenters. The summed E-state index contributed by atoms with van der Waals surface area (Å²) in [6.07, 6.45) is 2.54. The Balaban J connectivity index is 0.00000256. The minimum Gasteiger partial charge on any atom is -0.379 e. The van der Waals surface area contributed by atoms with E-state index in [2.05, 4.69) is 36.0 Å². The van der Waals surface area contributed by atoms with Crippen molar-refractivity contribution in [1.82, 2.24) is 19.7 Å². The first-order valence-electron chi connectivity index (χ1n) is 10.0. The second-order valence-electron chi connectivity index (χ2n) is 7.46. The highest BCUT2D eigenvalue weighted by atomic mass is 35.5. The summed E-state index contributed by atoms with van der Waals surface area (Å²) in [6, 6.07) is 5.98. The third-order valence-corrected chi connectivity index (χ3v) is 6.59. The fraction of sp³-hybridized carbons (Fsp3) is 0.476. The van der Waals surface area contributed by atoms with Gasteiger partial charge < -0.3 is 4.74 Å². The molecule has 0 N–H and O–H groups in total. The van der Waals surface area contributed by atoms with Gasteiger partial charge in [0.05, 0.1) is 23.4 Å². The second kappa shape index (κ2) is 9.87. The number of ether oxygens (including phenoxy) is 1. The maximum atomic E-state index is 13.3. The Labute approximate surface area is 187 Å². The minimum absolute atomic E-state index is 0. The molecule has 2 aromatic heterocycles. The number of benzene rings is 1. The minimum atomic E-state index is -0.0552. The Morgan fingerprint density at radius 2 is 2.00 bits per heavy atom. The maximum absolute atomic E-state index is 13.3. The predicted molar refractivity (Wildman–Crippen MR) is 123 cm³/mol. The number of fused-ring (bicyclic) bond motifs is 1. The van der Waals surface area contributed by atoms with Gasteiger partial charge in [-0.15, -0.1) is 12.4 Å². The molecule has 1 aromatic carbocycles. The van der Waals surface area contributed by atoms with Crippen molar-refractivity contribution < 1.29 is 9.53 Å². The molecule has 1 amide bonds. The van der Waals surface area contributed by atoms with E-state index >= 15 is 0 Å². The molecule has 9 heteroatoms. The molecule has 0 spiro atoms. The molecule has 0 bridgehead atoms. The van der Waals surface area contributed by atoms with E-state index in [1.54, 1.807) is 35.3 Å². The number of carbonyl (C=O) groups is 1. The molecule has 1 aliphatic heterocycles. The molecular weight excluding hydrogens is 422 g/mol. The number of carbonyl (C=O) groups excluding carboxylic acids is 1. The summed E-state index contributed by atoms with van der Waals surface area (Å²) in [5, 5.41) is 4.92. The molecule has 1 aliphatic rings. The summed E-state index contributed by atoms with van der Waals surface area (Å²) in [6.45, 7) is 9.23. The zero-order chi connectivity index (χ0) is 20.4. The molecule has 1 saturated heterocycles. The number of aromatic nitrogens is 3. The van der Waals surface area contributed by atoms with Crippen LogP contribution in [0.25, 0.3) is 10.2 Å². The Bertz CT molecular complexity index is 1010. The number of hydrogen-bond acceptors (Lipinski definition) is 6. The number of morpholine rings is 1. The van der Waals surface area contributed by atoms with Gasteiger partial charge in [-0.2, -0.15) is 5.10 Å². The highest BCUT2D eigenvalue weighted by Gasteiger charge is 2.24. The van der Waals surface area contributed by atoms with Crippen LogP contribution in [0.4, 0.5) is 5.13 Å². The zero-order valence-electron chi connectivity index (χ0n) is 17.6. The van der Waals surface area contributed by atoms with Crippen molar-refractivity contribution in [2.75, 3.05) is 44.3 Å². The van der Waals surface area contributed by atoms with E-state index in [1.807, 2.05) is 4.90 Å². The summed E-state index contributed by atoms with van der Waals surface area (Å²) >= 11 is 1.58. The van der Waals surface area contributed by atoms with Gasteiger partial charge in [0, 0.05) is 39.4 Å². The summed E-state index contributed by atoms with van der Waals surface area (Å²) in [5.74, 6) is -0.0552. The SMILES string of the molecule is Cc1ccc2sc(N(CCCN3CCOCC3)C(=O)c3ccnn3C)nc2c1C.Cl. The molecule has 30 heavy (non-hydrogen) atoms. The maximum Gasteiger partial charge on any atom is 0.278 e. The number of hydrogen-bond donors (Lipinski definition) is 0. The first-order chi connectivity index (χ1) is 14.0. The first kappa shape index (κ1) is 22.7. The van der Waals surface area contributed by atoms with Crippen molar-refractivity contribution in [3.05, 3.63) is 41.2 Å². The van der Waals surface area contributed by atoms with Gasteiger partial charge in [-0.1, -0.05) is 17.4 Å². The van der Waals surface area contributed by atoms with Crippen LogP contribution >= 0.6 is 23.7 Å². The fourth-order valence-electron chi connectivity index (χ4n) is 3.61. The van der Waals surface area contributed by atoms with E-state index in [0.29, 0.717) is 12.2 Å². The molecule has 0 radical (unpaired) electrons. The Kier molecular flexibility index (Phi) is 7.46. The first-order valence-corrected chi connectivity index (χ1v) is 10.8. The quantitative estimate of drug-likeness (QED) is 0.576. The van der Waals surface area contributed by atoms with Gasteiger partial charge in [-0.3, -0.25) is 19.3 Å². The number of rotatable bonds is 6. The van der Waals surface area contributed by atoms with Crippen LogP contribution < -0.4 is 4.90 Å². The molecule has 0 saturated carbocycles. The largest absolute Gasteiger partial charge is 0.379 e. The number of nitrogens with zero attached hydrogens (tertiary/aromatic N) is 5. The van der Waals surface area contributed by atoms with Gasteiger partial charge in [0.1, 0.15) is 5.69 Å². The van der Waals surface area contributed by atoms with Crippen LogP contribution in [0.5, 0.6) is 0 Å². The smallest absolute Gasteiger partial charge is 0.278 e. The number of amides is 1. The Hall–Kier alpha value is -2.00. The van der Waals surface area contributed by atoms with Gasteiger partial charge >= 0.3 is 0 Å². The van der Waals surface area contributed by atoms with E-state index < -0.39 is 0 Å². The van der Waals surface area contributed by atoms with Crippen molar-refractivity contribution in [2.45, 2.75) is 20.3 Å². The van der Waals surface area contributed by atoms with Crippen LogP contribution in [0.15, 0.2) is 24.4 Å². The highest BCUT2D eigenvalue weighted by molar-refractivity contribution is 7.22. The summed E-state index contributed by atoms with van der Waals surface area (Å²) < 4.78 is 8.16. The third kappa shape index (κ3) is 4.67. The van der Waals surface area contributed by atoms with Crippen LogP contribution in [-0.4, -0.2) is 65.0 Å². The fourth-order valence-corrected chi connectivity index (χ4v) is 4.66. The van der Waals surface area contributed by atoms with E-state index in [-0.39, 0.29) is 18.3 Å². The van der Waals surface area contributed by atoms with Crippen LogP contribution in [-0.2, 0) is 11.8 Å². The Morgan fingerprint density at radius 1 is 1.23 bits per heavy atom. The number of anilines is 1. The van der Waals surface area contributed by atoms with Gasteiger partial charge in [-0.05, 0) is 43.5 Å². The Morgan fingerprint density at radius 3 is 2.70 bits per heavy atom. The zero-order valence-corrected chi connectivity index (χ0v) is 19.3. The summed E-state index contributed by atoms with van der Waals surface area (Å²) in [5.41, 5.74) is 3.95. The number of aryl methyl sites for hydroxylation is 3. The van der Waals surface area contributed by atoms with Crippen LogP contribution in [0.2, 0.25) is 0 Å². The van der Waals surface area contributed by atoms with Crippen LogP contribution in [0.3, 0.4) is 0 Å². The highest BCUT2D eigenvalue weighted by Crippen LogP contribution is 2.32. The average Bonchev–Trinajstić information content (AvgIpc) is 3.35. The normalized spacial score (nSPS) is 14.6. The van der Waals surface area contributed by atoms with Crippen molar-refractivity contribution in [1.29, 1.82) is 0 Å². The lowest BCUT2D eigenvalue weighted by Crippen LogP contribution is -2.39. The lowest BCUT2D eigenvalue weighted by Gasteiger charge is -2.27. The second-order valence-corrected chi connectivity index (χ2v) is 8.46.